The molecule has 1 aliphatic heterocycles. The van der Waals surface area contributed by atoms with Crippen LogP contribution in [0.5, 0.6) is 5.75 Å². The van der Waals surface area contributed by atoms with Gasteiger partial charge < -0.3 is 14.4 Å². The number of carbonyl (C=O) groups excluding carboxylic acids is 2. The number of halogens is 5. The first-order valence-corrected chi connectivity index (χ1v) is 10.8. The van der Waals surface area contributed by atoms with Crippen LogP contribution in [-0.2, 0) is 15.7 Å². The summed E-state index contributed by atoms with van der Waals surface area (Å²) in [5, 5.41) is 0. The molecule has 0 aliphatic carbocycles. The van der Waals surface area contributed by atoms with E-state index in [2.05, 4.69) is 9.72 Å². The van der Waals surface area contributed by atoms with Gasteiger partial charge in [-0.2, -0.15) is 13.2 Å². The summed E-state index contributed by atoms with van der Waals surface area (Å²) >= 11 is 0. The number of rotatable bonds is 7. The molecule has 1 fully saturated rings. The van der Waals surface area contributed by atoms with Crippen molar-refractivity contribution in [1.82, 2.24) is 9.88 Å². The lowest BCUT2D eigenvalue weighted by Crippen LogP contribution is -2.42. The first kappa shape index (κ1) is 26.1. The van der Waals surface area contributed by atoms with Crippen molar-refractivity contribution in [3.05, 3.63) is 59.8 Å². The van der Waals surface area contributed by atoms with E-state index < -0.39 is 48.1 Å². The summed E-state index contributed by atoms with van der Waals surface area (Å²) in [6, 6.07) is 6.20. The summed E-state index contributed by atoms with van der Waals surface area (Å²) in [4.78, 5) is 29.2. The number of carbonyl (C=O) groups is 2. The number of piperidine rings is 1. The van der Waals surface area contributed by atoms with Crippen LogP contribution in [0.2, 0.25) is 0 Å². The normalized spacial score (nSPS) is 15.8. The number of nitrogens with zero attached hydrogens (tertiary/aromatic N) is 2. The summed E-state index contributed by atoms with van der Waals surface area (Å²) in [7, 11) is 0. The molecule has 0 unspecified atom stereocenters. The van der Waals surface area contributed by atoms with Gasteiger partial charge in [0.2, 0.25) is 0 Å². The molecule has 1 aromatic heterocycles. The summed E-state index contributed by atoms with van der Waals surface area (Å²) in [6.45, 7) is 1.35. The van der Waals surface area contributed by atoms with Gasteiger partial charge in [-0.05, 0) is 43.3 Å². The molecular weight excluding hydrogens is 475 g/mol. The van der Waals surface area contributed by atoms with Crippen LogP contribution in [0.4, 0.5) is 22.0 Å². The van der Waals surface area contributed by atoms with Crippen LogP contribution < -0.4 is 4.74 Å². The van der Waals surface area contributed by atoms with Crippen molar-refractivity contribution in [3.8, 4) is 17.0 Å². The van der Waals surface area contributed by atoms with E-state index in [0.717, 1.165) is 18.2 Å². The number of alkyl halides is 5. The Hall–Kier alpha value is -3.50. The minimum Gasteiger partial charge on any atom is -0.489 e. The molecule has 6 nitrogen and oxygen atoms in total. The average molecular weight is 498 g/mol. The van der Waals surface area contributed by atoms with Crippen LogP contribution >= 0.6 is 0 Å². The van der Waals surface area contributed by atoms with Crippen molar-refractivity contribution in [2.24, 2.45) is 0 Å². The zero-order valence-corrected chi connectivity index (χ0v) is 18.8. The highest BCUT2D eigenvalue weighted by molar-refractivity contribution is 5.94. The van der Waals surface area contributed by atoms with Gasteiger partial charge in [0.25, 0.3) is 11.8 Å². The van der Waals surface area contributed by atoms with Crippen molar-refractivity contribution in [2.75, 3.05) is 26.3 Å². The van der Waals surface area contributed by atoms with Gasteiger partial charge in [0.1, 0.15) is 12.4 Å². The average Bonchev–Trinajstić information content (AvgIpc) is 2.81. The Kier molecular flexibility index (Phi) is 8.08. The minimum absolute atomic E-state index is 0.0844. The highest BCUT2D eigenvalue weighted by Gasteiger charge is 2.36. The van der Waals surface area contributed by atoms with E-state index in [1.54, 1.807) is 6.92 Å². The molecule has 2 aromatic rings. The third-order valence-corrected chi connectivity index (χ3v) is 5.25. The highest BCUT2D eigenvalue weighted by Crippen LogP contribution is 2.38. The maximum Gasteiger partial charge on any atom is 0.419 e. The zero-order valence-electron chi connectivity index (χ0n) is 18.8. The summed E-state index contributed by atoms with van der Waals surface area (Å²) in [5.74, 6) is -4.31. The number of benzene rings is 1. The van der Waals surface area contributed by atoms with Crippen LogP contribution in [0.3, 0.4) is 0 Å². The van der Waals surface area contributed by atoms with Crippen molar-refractivity contribution in [2.45, 2.75) is 31.9 Å². The summed E-state index contributed by atoms with van der Waals surface area (Å²) in [5.41, 5.74) is -0.548. The zero-order chi connectivity index (χ0) is 25.6. The Bertz CT molecular complexity index is 1070. The molecule has 3 rings (SSSR count). The van der Waals surface area contributed by atoms with E-state index in [0.29, 0.717) is 0 Å². The third-order valence-electron chi connectivity index (χ3n) is 5.25. The molecule has 0 radical (unpaired) electrons. The van der Waals surface area contributed by atoms with Gasteiger partial charge in [0.15, 0.2) is 0 Å². The molecule has 1 aliphatic rings. The second kappa shape index (κ2) is 10.8. The van der Waals surface area contributed by atoms with Gasteiger partial charge in [-0.3, -0.25) is 9.78 Å². The molecule has 0 bridgehead atoms. The highest BCUT2D eigenvalue weighted by atomic mass is 19.4. The monoisotopic (exact) mass is 498 g/mol. The van der Waals surface area contributed by atoms with E-state index in [9.17, 15) is 31.5 Å². The molecule has 0 N–H and O–H groups in total. The standard InChI is InChI=1S/C24H23F5N2O4/c1-2-34-21(32)4-3-13-35-20-8-6-16(14-18(20)24(27,28)29)19-7-5-17(15-30-19)22(33)31-11-9-23(25,26)10-12-31/h3-8,14-15H,2,9-13H2,1H3. The lowest BCUT2D eigenvalue weighted by atomic mass is 10.0. The van der Waals surface area contributed by atoms with E-state index in [1.807, 2.05) is 0 Å². The number of esters is 1. The number of amides is 1. The Morgan fingerprint density at radius 1 is 1.14 bits per heavy atom. The molecule has 2 heterocycles. The number of hydrogen-bond acceptors (Lipinski definition) is 5. The second-order valence-electron chi connectivity index (χ2n) is 7.75. The lowest BCUT2D eigenvalue weighted by Gasteiger charge is -2.31. The second-order valence-corrected chi connectivity index (χ2v) is 7.75. The fourth-order valence-electron chi connectivity index (χ4n) is 3.42. The van der Waals surface area contributed by atoms with Gasteiger partial charge in [0.05, 0.1) is 23.4 Å². The van der Waals surface area contributed by atoms with Crippen molar-refractivity contribution < 1.29 is 41.0 Å². The fourth-order valence-corrected chi connectivity index (χ4v) is 3.42. The molecular formula is C24H23F5N2O4. The molecule has 1 aromatic carbocycles. The van der Waals surface area contributed by atoms with Gasteiger partial charge >= 0.3 is 12.1 Å². The first-order valence-electron chi connectivity index (χ1n) is 10.8. The SMILES string of the molecule is CCOC(=O)C=CCOc1ccc(-c2ccc(C(=O)N3CCC(F)(F)CC3)cn2)cc1C(F)(F)F. The van der Waals surface area contributed by atoms with Crippen LogP contribution in [0, 0.1) is 0 Å². The maximum atomic E-state index is 13.6. The predicted octanol–water partition coefficient (Wildman–Crippen LogP) is 5.14. The van der Waals surface area contributed by atoms with E-state index in [-0.39, 0.29) is 43.1 Å². The van der Waals surface area contributed by atoms with Crippen LogP contribution in [-0.4, -0.2) is 54.0 Å². The van der Waals surface area contributed by atoms with Crippen molar-refractivity contribution in [1.29, 1.82) is 0 Å². The number of pyridine rings is 1. The Balaban J connectivity index is 1.73. The molecule has 35 heavy (non-hydrogen) atoms. The van der Waals surface area contributed by atoms with Crippen molar-refractivity contribution in [3.63, 3.8) is 0 Å². The Morgan fingerprint density at radius 2 is 1.86 bits per heavy atom. The summed E-state index contributed by atoms with van der Waals surface area (Å²) in [6.07, 6.45) is -2.04. The van der Waals surface area contributed by atoms with Gasteiger partial charge in [-0.1, -0.05) is 0 Å². The molecule has 1 amide bonds. The topological polar surface area (TPSA) is 68.7 Å². The van der Waals surface area contributed by atoms with Gasteiger partial charge in [-0.25, -0.2) is 13.6 Å². The maximum absolute atomic E-state index is 13.6. The molecule has 0 atom stereocenters. The Labute approximate surface area is 198 Å². The fraction of sp³-hybridized carbons (Fsp3) is 0.375. The minimum atomic E-state index is -4.72. The van der Waals surface area contributed by atoms with Crippen LogP contribution in [0.1, 0.15) is 35.7 Å². The quantitative estimate of drug-likeness (QED) is 0.301. The number of likely N-dealkylation sites (tertiary alicyclic amines) is 1. The van der Waals surface area contributed by atoms with E-state index in [1.165, 1.54) is 35.4 Å². The van der Waals surface area contributed by atoms with Crippen LogP contribution in [0.25, 0.3) is 11.3 Å². The van der Waals surface area contributed by atoms with E-state index >= 15 is 0 Å². The Morgan fingerprint density at radius 3 is 2.46 bits per heavy atom. The van der Waals surface area contributed by atoms with Crippen LogP contribution in [0.15, 0.2) is 48.7 Å². The molecule has 11 heteroatoms. The molecule has 1 saturated heterocycles. The molecule has 0 saturated carbocycles. The predicted molar refractivity (Wildman–Crippen MR) is 116 cm³/mol. The van der Waals surface area contributed by atoms with Gasteiger partial charge in [-0.15, -0.1) is 0 Å². The number of aromatic nitrogens is 1. The molecule has 0 spiro atoms. The molecule has 188 valence electrons. The first-order chi connectivity index (χ1) is 16.5. The third kappa shape index (κ3) is 7.00. The number of ether oxygens (including phenoxy) is 2. The van der Waals surface area contributed by atoms with E-state index in [4.69, 9.17) is 4.74 Å². The van der Waals surface area contributed by atoms with Gasteiger partial charge in [0, 0.05) is 43.8 Å². The smallest absolute Gasteiger partial charge is 0.419 e. The number of hydrogen-bond donors (Lipinski definition) is 0. The summed E-state index contributed by atoms with van der Waals surface area (Å²) < 4.78 is 77.3. The van der Waals surface area contributed by atoms with Crippen molar-refractivity contribution >= 4 is 11.9 Å². The lowest BCUT2D eigenvalue weighted by molar-refractivity contribution is -0.139. The largest absolute Gasteiger partial charge is 0.489 e.